The van der Waals surface area contributed by atoms with Gasteiger partial charge in [0.05, 0.1) is 17.5 Å². The van der Waals surface area contributed by atoms with Crippen molar-refractivity contribution in [3.63, 3.8) is 0 Å². The van der Waals surface area contributed by atoms with Crippen molar-refractivity contribution in [2.24, 2.45) is 11.5 Å². The van der Waals surface area contributed by atoms with Gasteiger partial charge in [-0.15, -0.1) is 0 Å². The molecule has 0 saturated heterocycles. The second-order valence-corrected chi connectivity index (χ2v) is 9.30. The van der Waals surface area contributed by atoms with Gasteiger partial charge in [-0.25, -0.2) is 18.7 Å². The number of nitrogens with zero attached hydrogens (tertiary/aromatic N) is 3. The molecule has 1 atom stereocenters. The van der Waals surface area contributed by atoms with Crippen LogP contribution in [-0.2, 0) is 12.2 Å². The Balaban J connectivity index is 0.00000150. The van der Waals surface area contributed by atoms with E-state index in [4.69, 9.17) is 15.9 Å². The Hall–Kier alpha value is -3.63. The number of aliphatic hydroxyl groups is 2. The predicted molar refractivity (Wildman–Crippen MR) is 154 cm³/mol. The van der Waals surface area contributed by atoms with Gasteiger partial charge in [0.25, 0.3) is 0 Å². The Labute approximate surface area is 235 Å². The summed E-state index contributed by atoms with van der Waals surface area (Å²) in [5.41, 5.74) is 12.7. The van der Waals surface area contributed by atoms with Crippen LogP contribution in [0.3, 0.4) is 0 Å². The molecule has 0 aliphatic rings. The normalized spacial score (nSPS) is 12.9. The monoisotopic (exact) mass is 559 g/mol. The molecule has 6 N–H and O–H groups in total. The summed E-state index contributed by atoms with van der Waals surface area (Å²) in [5, 5.41) is 19.9. The van der Waals surface area contributed by atoms with Gasteiger partial charge in [-0.05, 0) is 44.1 Å². The minimum absolute atomic E-state index is 0.0806. The van der Waals surface area contributed by atoms with E-state index in [9.17, 15) is 19.0 Å². The number of aromatic nitrogens is 3. The lowest BCUT2D eigenvalue weighted by Gasteiger charge is -2.16. The molecule has 2 heterocycles. The second-order valence-electron chi connectivity index (χ2n) is 9.30. The first-order valence-electron chi connectivity index (χ1n) is 13.4. The van der Waals surface area contributed by atoms with Gasteiger partial charge in [0.2, 0.25) is 5.89 Å². The maximum absolute atomic E-state index is 14.1. The van der Waals surface area contributed by atoms with E-state index in [-0.39, 0.29) is 34.3 Å². The summed E-state index contributed by atoms with van der Waals surface area (Å²) in [7, 11) is 0. The van der Waals surface area contributed by atoms with Gasteiger partial charge in [0.1, 0.15) is 35.2 Å². The number of hydrogen-bond donors (Lipinski definition) is 4. The molecule has 0 spiro atoms. The number of hydrogen-bond acceptors (Lipinski definition) is 8. The van der Waals surface area contributed by atoms with Crippen molar-refractivity contribution >= 4 is 5.70 Å². The van der Waals surface area contributed by atoms with Gasteiger partial charge < -0.3 is 26.1 Å². The number of oxazole rings is 1. The molecular formula is C30H43F2N5O3. The highest BCUT2D eigenvalue weighted by atomic mass is 19.1. The van der Waals surface area contributed by atoms with Gasteiger partial charge in [0.15, 0.2) is 5.76 Å². The van der Waals surface area contributed by atoms with Crippen LogP contribution in [0.4, 0.5) is 8.78 Å². The summed E-state index contributed by atoms with van der Waals surface area (Å²) in [6, 6.07) is 3.54. The highest BCUT2D eigenvalue weighted by Gasteiger charge is 2.27. The number of halogens is 2. The zero-order valence-corrected chi connectivity index (χ0v) is 24.7. The zero-order valence-electron chi connectivity index (χ0n) is 24.7. The number of aliphatic hydroxyl groups excluding tert-OH is 1. The third kappa shape index (κ3) is 8.69. The minimum atomic E-state index is -1.33. The van der Waals surface area contributed by atoms with Crippen LogP contribution in [-0.4, -0.2) is 25.2 Å². The largest absolute Gasteiger partial charge is 0.437 e. The first kappa shape index (κ1) is 34.4. The van der Waals surface area contributed by atoms with Gasteiger partial charge in [-0.3, -0.25) is 4.98 Å². The van der Waals surface area contributed by atoms with E-state index in [0.29, 0.717) is 23.4 Å². The molecule has 2 aromatic heterocycles. The molecule has 8 nitrogen and oxygen atoms in total. The first-order valence-corrected chi connectivity index (χ1v) is 13.4. The van der Waals surface area contributed by atoms with Gasteiger partial charge in [0, 0.05) is 23.5 Å². The molecule has 1 aromatic carbocycles. The van der Waals surface area contributed by atoms with Crippen molar-refractivity contribution < 1.29 is 23.4 Å². The molecule has 3 rings (SSSR count). The van der Waals surface area contributed by atoms with Crippen LogP contribution in [0.5, 0.6) is 0 Å². The summed E-state index contributed by atoms with van der Waals surface area (Å²) in [5.74, 6) is -1.75. The van der Waals surface area contributed by atoms with Crippen LogP contribution in [0, 0.1) is 11.6 Å². The van der Waals surface area contributed by atoms with Crippen LogP contribution in [0.25, 0.3) is 17.3 Å². The van der Waals surface area contributed by atoms with E-state index in [0.717, 1.165) is 12.1 Å². The molecule has 0 fully saturated rings. The van der Waals surface area contributed by atoms with Crippen LogP contribution in [0.15, 0.2) is 52.4 Å². The molecule has 0 saturated carbocycles. The molecule has 40 heavy (non-hydrogen) atoms. The van der Waals surface area contributed by atoms with Gasteiger partial charge in [-0.1, -0.05) is 54.0 Å². The van der Waals surface area contributed by atoms with Crippen LogP contribution < -0.4 is 11.5 Å². The molecule has 3 aromatic rings. The van der Waals surface area contributed by atoms with E-state index in [1.165, 1.54) is 44.8 Å². The summed E-state index contributed by atoms with van der Waals surface area (Å²) < 4.78 is 33.9. The van der Waals surface area contributed by atoms with E-state index in [2.05, 4.69) is 28.8 Å². The van der Waals surface area contributed by atoms with Crippen molar-refractivity contribution in [1.29, 1.82) is 0 Å². The summed E-state index contributed by atoms with van der Waals surface area (Å²) in [4.78, 5) is 13.0. The van der Waals surface area contributed by atoms with Crippen molar-refractivity contribution in [3.8, 4) is 11.6 Å². The number of nitrogens with two attached hydrogens (primary N) is 2. The van der Waals surface area contributed by atoms with Crippen LogP contribution in [0.2, 0.25) is 0 Å². The van der Waals surface area contributed by atoms with E-state index < -0.39 is 29.8 Å². The maximum Gasteiger partial charge on any atom is 0.247 e. The fourth-order valence-electron chi connectivity index (χ4n) is 3.60. The molecule has 10 heteroatoms. The van der Waals surface area contributed by atoms with E-state index in [1.807, 2.05) is 27.7 Å². The first-order chi connectivity index (χ1) is 18.9. The lowest BCUT2D eigenvalue weighted by atomic mass is 9.96. The Morgan fingerprint density at radius 3 is 2.12 bits per heavy atom. The highest BCUT2D eigenvalue weighted by molar-refractivity contribution is 5.66. The average molecular weight is 560 g/mol. The maximum atomic E-state index is 14.1. The Kier molecular flexibility index (Phi) is 13.6. The highest BCUT2D eigenvalue weighted by Crippen LogP contribution is 2.30. The van der Waals surface area contributed by atoms with E-state index in [1.54, 1.807) is 0 Å². The Morgan fingerprint density at radius 2 is 1.65 bits per heavy atom. The standard InChI is InChI=1S/C25H29F2N5O3.C3H8.C2H6/c1-5-14(9-17(28)21-15(26)7-6-8-16(21)27)22(29)13(2)18-10-30-11-19(31-18)24-32-23(25(3,4)34)20(12-33)35-24;1-3-2;1-2/h6-11,13,33-34H,5,12,28-29H2,1-4H3;3H2,1-2H3;1-2H3/b17-9-,22-14-;;. The number of benzene rings is 1. The number of rotatable bonds is 8. The summed E-state index contributed by atoms with van der Waals surface area (Å²) >= 11 is 0. The van der Waals surface area contributed by atoms with Gasteiger partial charge >= 0.3 is 0 Å². The molecule has 0 amide bonds. The van der Waals surface area contributed by atoms with Gasteiger partial charge in [-0.2, -0.15) is 0 Å². The molecule has 0 aliphatic heterocycles. The van der Waals surface area contributed by atoms with Crippen molar-refractivity contribution in [2.75, 3.05) is 0 Å². The fraction of sp³-hybridized carbons (Fsp3) is 0.433. The molecule has 0 bridgehead atoms. The zero-order chi connectivity index (χ0) is 30.6. The summed E-state index contributed by atoms with van der Waals surface area (Å²) in [6.45, 7) is 14.5. The van der Waals surface area contributed by atoms with Crippen LogP contribution >= 0.6 is 0 Å². The third-order valence-corrected chi connectivity index (χ3v) is 5.54. The quantitative estimate of drug-likeness (QED) is 0.235. The fourth-order valence-corrected chi connectivity index (χ4v) is 3.60. The molecule has 1 unspecified atom stereocenters. The number of allylic oxidation sites excluding steroid dienone is 3. The molecule has 0 radical (unpaired) electrons. The summed E-state index contributed by atoms with van der Waals surface area (Å²) in [6.07, 6.45) is 6.14. The van der Waals surface area contributed by atoms with Crippen molar-refractivity contribution in [3.05, 3.63) is 82.3 Å². The van der Waals surface area contributed by atoms with Crippen molar-refractivity contribution in [2.45, 2.75) is 86.4 Å². The average Bonchev–Trinajstić information content (AvgIpc) is 3.38. The molecule has 220 valence electrons. The SMILES string of the molecule is CC.CCC.CCC(/C=C(\N)c1c(F)cccc1F)=C(/N)C(C)c1cncc(-c2nc(C(C)(C)O)c(CO)o2)n1. The lowest BCUT2D eigenvalue weighted by Crippen LogP contribution is -2.18. The van der Waals surface area contributed by atoms with E-state index >= 15 is 0 Å². The third-order valence-electron chi connectivity index (χ3n) is 5.54. The smallest absolute Gasteiger partial charge is 0.247 e. The molecular weight excluding hydrogens is 516 g/mol. The Morgan fingerprint density at radius 1 is 1.07 bits per heavy atom. The van der Waals surface area contributed by atoms with Crippen molar-refractivity contribution in [1.82, 2.24) is 15.0 Å². The molecule has 0 aliphatic carbocycles. The topological polar surface area (TPSA) is 144 Å². The predicted octanol–water partition coefficient (Wildman–Crippen LogP) is 6.30. The van der Waals surface area contributed by atoms with Crippen LogP contribution in [0.1, 0.15) is 96.9 Å². The lowest BCUT2D eigenvalue weighted by molar-refractivity contribution is 0.0699. The minimum Gasteiger partial charge on any atom is -0.437 e. The second kappa shape index (κ2) is 15.8. The Bertz CT molecular complexity index is 1280.